The molecule has 1 aromatic rings. The summed E-state index contributed by atoms with van der Waals surface area (Å²) in [6.45, 7) is 1.95. The number of hydrogen-bond donors (Lipinski definition) is 3. The number of aliphatic carboxylic acids is 1. The number of nitrogens with one attached hydrogen (secondary N) is 1. The van der Waals surface area contributed by atoms with E-state index in [1.165, 1.54) is 26.4 Å². The van der Waals surface area contributed by atoms with E-state index < -0.39 is 17.9 Å². The van der Waals surface area contributed by atoms with Gasteiger partial charge in [-0.2, -0.15) is 0 Å². The minimum atomic E-state index is -1.05. The molecule has 0 radical (unpaired) electrons. The zero-order valence-electron chi connectivity index (χ0n) is 13.6. The maximum atomic E-state index is 12.1. The molecule has 1 unspecified atom stereocenters. The second kappa shape index (κ2) is 8.87. The fraction of sp³-hybridized carbons (Fsp3) is 0.500. The van der Waals surface area contributed by atoms with Gasteiger partial charge >= 0.3 is 5.97 Å². The maximum Gasteiger partial charge on any atom is 0.326 e. The van der Waals surface area contributed by atoms with Crippen LogP contribution in [0.4, 0.5) is 0 Å². The van der Waals surface area contributed by atoms with Crippen molar-refractivity contribution in [2.75, 3.05) is 14.2 Å². The number of methoxy groups -OCH3 is 2. The number of hydrogen-bond acceptors (Lipinski definition) is 5. The monoisotopic (exact) mass is 325 g/mol. The van der Waals surface area contributed by atoms with Crippen molar-refractivity contribution in [1.82, 2.24) is 5.32 Å². The van der Waals surface area contributed by atoms with E-state index in [0.29, 0.717) is 12.0 Å². The molecule has 0 spiro atoms. The third-order valence-corrected chi connectivity index (χ3v) is 3.38. The molecule has 128 valence electrons. The van der Waals surface area contributed by atoms with Crippen LogP contribution in [0, 0.1) is 0 Å². The zero-order chi connectivity index (χ0) is 17.4. The molecular weight excluding hydrogens is 302 g/mol. The number of benzene rings is 1. The van der Waals surface area contributed by atoms with Gasteiger partial charge in [-0.15, -0.1) is 0 Å². The van der Waals surface area contributed by atoms with Gasteiger partial charge in [-0.25, -0.2) is 4.79 Å². The van der Waals surface area contributed by atoms with Crippen LogP contribution < -0.4 is 14.8 Å². The average molecular weight is 325 g/mol. The maximum absolute atomic E-state index is 12.1. The van der Waals surface area contributed by atoms with E-state index >= 15 is 0 Å². The van der Waals surface area contributed by atoms with E-state index in [9.17, 15) is 14.7 Å². The molecule has 1 amide bonds. The Bertz CT molecular complexity index is 532. The number of amides is 1. The summed E-state index contributed by atoms with van der Waals surface area (Å²) in [5.74, 6) is -1.23. The first-order chi connectivity index (χ1) is 10.9. The summed E-state index contributed by atoms with van der Waals surface area (Å²) in [5.41, 5.74) is 0.550. The molecule has 0 heterocycles. The fourth-order valence-electron chi connectivity index (χ4n) is 2.15. The quantitative estimate of drug-likeness (QED) is 0.638. The number of carbonyl (C=O) groups excluding carboxylic acids is 1. The molecular formula is C16H23NO6. The molecule has 0 aromatic heterocycles. The Kier molecular flexibility index (Phi) is 7.18. The molecule has 0 saturated heterocycles. The SMILES string of the molecule is CCCCC(NC(=O)Cc1cc(OC)c(O)c(OC)c1)C(=O)O. The zero-order valence-corrected chi connectivity index (χ0v) is 13.6. The van der Waals surface area contributed by atoms with Crippen LogP contribution >= 0.6 is 0 Å². The number of unbranched alkanes of at least 4 members (excludes halogenated alkanes) is 1. The summed E-state index contributed by atoms with van der Waals surface area (Å²) in [4.78, 5) is 23.2. The molecule has 23 heavy (non-hydrogen) atoms. The van der Waals surface area contributed by atoms with Gasteiger partial charge in [-0.3, -0.25) is 4.79 Å². The lowest BCUT2D eigenvalue weighted by molar-refractivity contribution is -0.142. The number of phenolic OH excluding ortho intramolecular Hbond substituents is 1. The highest BCUT2D eigenvalue weighted by molar-refractivity contribution is 5.85. The van der Waals surface area contributed by atoms with Gasteiger partial charge in [0.05, 0.1) is 20.6 Å². The Morgan fingerprint density at radius 1 is 1.22 bits per heavy atom. The summed E-state index contributed by atoms with van der Waals surface area (Å²) in [6.07, 6.45) is 1.92. The van der Waals surface area contributed by atoms with Crippen molar-refractivity contribution in [2.45, 2.75) is 38.6 Å². The number of ether oxygens (including phenoxy) is 2. The molecule has 0 aliphatic carbocycles. The lowest BCUT2D eigenvalue weighted by Crippen LogP contribution is -2.41. The smallest absolute Gasteiger partial charge is 0.326 e. The van der Waals surface area contributed by atoms with Gasteiger partial charge in [0, 0.05) is 0 Å². The molecule has 3 N–H and O–H groups in total. The summed E-state index contributed by atoms with van der Waals surface area (Å²) in [6, 6.07) is 2.13. The van der Waals surface area contributed by atoms with Crippen molar-refractivity contribution in [1.29, 1.82) is 0 Å². The number of carboxylic acid groups (broad SMARTS) is 1. The van der Waals surface area contributed by atoms with Gasteiger partial charge < -0.3 is 25.0 Å². The van der Waals surface area contributed by atoms with Crippen molar-refractivity contribution >= 4 is 11.9 Å². The van der Waals surface area contributed by atoms with E-state index in [4.69, 9.17) is 14.6 Å². The first-order valence-corrected chi connectivity index (χ1v) is 7.38. The van der Waals surface area contributed by atoms with Crippen LogP contribution in [0.2, 0.25) is 0 Å². The highest BCUT2D eigenvalue weighted by Crippen LogP contribution is 2.37. The standard InChI is InChI=1S/C16H23NO6/c1-4-5-6-11(16(20)21)17-14(18)9-10-7-12(22-2)15(19)13(8-10)23-3/h7-8,11,19H,4-6,9H2,1-3H3,(H,17,18)(H,20,21). The van der Waals surface area contributed by atoms with Gasteiger partial charge in [0.2, 0.25) is 11.7 Å². The highest BCUT2D eigenvalue weighted by atomic mass is 16.5. The average Bonchev–Trinajstić information content (AvgIpc) is 2.52. The van der Waals surface area contributed by atoms with Gasteiger partial charge in [-0.1, -0.05) is 19.8 Å². The Morgan fingerprint density at radius 2 is 1.78 bits per heavy atom. The Labute approximate surface area is 135 Å². The summed E-state index contributed by atoms with van der Waals surface area (Å²) < 4.78 is 10.1. The van der Waals surface area contributed by atoms with Crippen LogP contribution in [-0.2, 0) is 16.0 Å². The number of phenols is 1. The van der Waals surface area contributed by atoms with Crippen molar-refractivity contribution in [2.24, 2.45) is 0 Å². The highest BCUT2D eigenvalue weighted by Gasteiger charge is 2.20. The second-order valence-corrected chi connectivity index (χ2v) is 5.13. The largest absolute Gasteiger partial charge is 0.502 e. The van der Waals surface area contributed by atoms with Crippen molar-refractivity contribution < 1.29 is 29.3 Å². The predicted molar refractivity (Wildman–Crippen MR) is 84.0 cm³/mol. The lowest BCUT2D eigenvalue weighted by Gasteiger charge is -2.15. The minimum Gasteiger partial charge on any atom is -0.502 e. The number of rotatable bonds is 9. The first-order valence-electron chi connectivity index (χ1n) is 7.38. The molecule has 7 heteroatoms. The molecule has 1 rings (SSSR count). The van der Waals surface area contributed by atoms with E-state index in [0.717, 1.165) is 12.8 Å². The number of aromatic hydroxyl groups is 1. The number of carbonyl (C=O) groups is 2. The number of carboxylic acids is 1. The van der Waals surface area contributed by atoms with Crippen LogP contribution in [0.1, 0.15) is 31.7 Å². The van der Waals surface area contributed by atoms with E-state index in [1.807, 2.05) is 6.92 Å². The van der Waals surface area contributed by atoms with Gasteiger partial charge in [0.15, 0.2) is 11.5 Å². The van der Waals surface area contributed by atoms with Crippen molar-refractivity contribution in [3.8, 4) is 17.2 Å². The Morgan fingerprint density at radius 3 is 2.22 bits per heavy atom. The van der Waals surface area contributed by atoms with E-state index in [1.54, 1.807) is 0 Å². The molecule has 7 nitrogen and oxygen atoms in total. The van der Waals surface area contributed by atoms with E-state index in [-0.39, 0.29) is 23.7 Å². The first kappa shape index (κ1) is 18.6. The second-order valence-electron chi connectivity index (χ2n) is 5.13. The molecule has 0 aliphatic rings. The Balaban J connectivity index is 2.82. The van der Waals surface area contributed by atoms with Gasteiger partial charge in [0.25, 0.3) is 0 Å². The van der Waals surface area contributed by atoms with E-state index in [2.05, 4.69) is 5.32 Å². The molecule has 0 saturated carbocycles. The van der Waals surface area contributed by atoms with Crippen LogP contribution in [0.3, 0.4) is 0 Å². The van der Waals surface area contributed by atoms with Gasteiger partial charge in [0.1, 0.15) is 6.04 Å². The third-order valence-electron chi connectivity index (χ3n) is 3.38. The van der Waals surface area contributed by atoms with Crippen LogP contribution in [0.25, 0.3) is 0 Å². The lowest BCUT2D eigenvalue weighted by atomic mass is 10.1. The van der Waals surface area contributed by atoms with Crippen molar-refractivity contribution in [3.63, 3.8) is 0 Å². The topological polar surface area (TPSA) is 105 Å². The summed E-state index contributed by atoms with van der Waals surface area (Å²) in [5, 5.41) is 21.5. The molecule has 1 aromatic carbocycles. The Hall–Kier alpha value is -2.44. The summed E-state index contributed by atoms with van der Waals surface area (Å²) >= 11 is 0. The normalized spacial score (nSPS) is 11.6. The predicted octanol–water partition coefficient (Wildman–Crippen LogP) is 1.71. The van der Waals surface area contributed by atoms with Crippen molar-refractivity contribution in [3.05, 3.63) is 17.7 Å². The third kappa shape index (κ3) is 5.36. The molecule has 0 bridgehead atoms. The fourth-order valence-corrected chi connectivity index (χ4v) is 2.15. The van der Waals surface area contributed by atoms with Gasteiger partial charge in [-0.05, 0) is 24.1 Å². The molecule has 1 atom stereocenters. The van der Waals surface area contributed by atoms with Crippen LogP contribution in [0.15, 0.2) is 12.1 Å². The summed E-state index contributed by atoms with van der Waals surface area (Å²) in [7, 11) is 2.78. The molecule has 0 fully saturated rings. The van der Waals surface area contributed by atoms with Crippen LogP contribution in [-0.4, -0.2) is 42.4 Å². The molecule has 0 aliphatic heterocycles. The minimum absolute atomic E-state index is 0.0388. The van der Waals surface area contributed by atoms with Crippen LogP contribution in [0.5, 0.6) is 17.2 Å².